The van der Waals surface area contributed by atoms with Crippen molar-refractivity contribution < 1.29 is 24.4 Å². The number of nitrogens with two attached hydrogens (primary N) is 1. The van der Waals surface area contributed by atoms with Gasteiger partial charge in [0.05, 0.1) is 22.8 Å². The molecule has 2 aromatic heterocycles. The van der Waals surface area contributed by atoms with Crippen molar-refractivity contribution in [3.8, 4) is 0 Å². The third-order valence-corrected chi connectivity index (χ3v) is 9.53. The summed E-state index contributed by atoms with van der Waals surface area (Å²) in [6, 6.07) is 12.9. The number of carbonyl (C=O) groups excluding carboxylic acids is 4. The molecule has 2 heterocycles. The maximum absolute atomic E-state index is 13.0. The summed E-state index contributed by atoms with van der Waals surface area (Å²) in [5.74, 6) is -0.639. The fourth-order valence-corrected chi connectivity index (χ4v) is 6.77. The first-order valence-electron chi connectivity index (χ1n) is 18.5. The lowest BCUT2D eigenvalue weighted by molar-refractivity contribution is -0.130. The number of benzene rings is 1. The molecule has 5 rings (SSSR count). The third kappa shape index (κ3) is 12.7. The lowest BCUT2D eigenvalue weighted by Gasteiger charge is -2.27. The van der Waals surface area contributed by atoms with E-state index < -0.39 is 11.4 Å². The van der Waals surface area contributed by atoms with Gasteiger partial charge in [0.1, 0.15) is 0 Å². The summed E-state index contributed by atoms with van der Waals surface area (Å²) in [5, 5.41) is 19.0. The van der Waals surface area contributed by atoms with E-state index in [1.165, 1.54) is 0 Å². The van der Waals surface area contributed by atoms with Crippen LogP contribution in [0.15, 0.2) is 85.2 Å². The maximum atomic E-state index is 13.0. The molecule has 0 saturated carbocycles. The Morgan fingerprint density at radius 2 is 1.75 bits per heavy atom. The standard InChI is InChI=1S/C31H41N5O4.C12H12N2O/c1-21(18-27(38)36-40)19-30(2,3)16-15-26(37)34-24-13-11-23(12-14-24)31(4,32)20-28(39)35-25-10-6-5-8-22-9-7-17-33-29(22)25;1-9-6-7-13-12-10(9)4-2-3-5-11(12)14-8-15/h6-14,17,21,40H,5,15-16,18-20,32H2,1-4H3,(H,34,37)(H,35,39)(H,36,38);2-8,11H,1H3,(H,14,15). The molecule has 3 unspecified atom stereocenters. The topological polar surface area (TPSA) is 188 Å². The van der Waals surface area contributed by atoms with Gasteiger partial charge in [-0.2, -0.15) is 0 Å². The number of aryl methyl sites for hydroxylation is 1. The van der Waals surface area contributed by atoms with Gasteiger partial charge in [-0.1, -0.05) is 75.4 Å². The fourth-order valence-electron chi connectivity index (χ4n) is 6.77. The summed E-state index contributed by atoms with van der Waals surface area (Å²) in [7, 11) is 0. The Labute approximate surface area is 322 Å². The molecule has 2 aliphatic carbocycles. The molecule has 0 bridgehead atoms. The molecule has 3 atom stereocenters. The van der Waals surface area contributed by atoms with Crippen molar-refractivity contribution in [2.75, 3.05) is 5.32 Å². The first-order chi connectivity index (χ1) is 26.2. The van der Waals surface area contributed by atoms with E-state index in [9.17, 15) is 19.2 Å². The van der Waals surface area contributed by atoms with Gasteiger partial charge < -0.3 is 21.7 Å². The molecule has 290 valence electrons. The SMILES string of the molecule is CC(CC(=O)NO)CC(C)(C)CCC(=O)Nc1ccc(C(C)(N)CC(=O)NC2=c3ncccc3=CCC=C2)cc1.Cc1ccnc2c1C=CC=CC2NC=O. The summed E-state index contributed by atoms with van der Waals surface area (Å²) >= 11 is 0. The highest BCUT2D eigenvalue weighted by Gasteiger charge is 2.26. The monoisotopic (exact) mass is 747 g/mol. The van der Waals surface area contributed by atoms with Crippen LogP contribution < -0.4 is 37.7 Å². The van der Waals surface area contributed by atoms with E-state index in [0.29, 0.717) is 30.6 Å². The van der Waals surface area contributed by atoms with Crippen molar-refractivity contribution in [2.45, 2.75) is 84.7 Å². The summed E-state index contributed by atoms with van der Waals surface area (Å²) in [6.45, 7) is 9.93. The largest absolute Gasteiger partial charge is 0.347 e. The molecule has 3 aromatic rings. The second kappa shape index (κ2) is 19.6. The first kappa shape index (κ1) is 42.0. The molecule has 7 N–H and O–H groups in total. The minimum absolute atomic E-state index is 0.0649. The van der Waals surface area contributed by atoms with E-state index >= 15 is 0 Å². The van der Waals surface area contributed by atoms with Gasteiger partial charge in [0.25, 0.3) is 0 Å². The molecule has 2 aliphatic rings. The van der Waals surface area contributed by atoms with E-state index in [4.69, 9.17) is 10.9 Å². The molecule has 0 fully saturated rings. The van der Waals surface area contributed by atoms with E-state index in [1.54, 1.807) is 36.9 Å². The van der Waals surface area contributed by atoms with Crippen LogP contribution in [0.2, 0.25) is 0 Å². The summed E-state index contributed by atoms with van der Waals surface area (Å²) in [5.41, 5.74) is 12.4. The van der Waals surface area contributed by atoms with Gasteiger partial charge in [0, 0.05) is 48.4 Å². The first-order valence-corrected chi connectivity index (χ1v) is 18.5. The van der Waals surface area contributed by atoms with Crippen LogP contribution in [-0.2, 0) is 24.7 Å². The van der Waals surface area contributed by atoms with Crippen molar-refractivity contribution in [3.05, 3.63) is 118 Å². The number of rotatable bonds is 14. The number of aromatic nitrogens is 2. The Bertz CT molecular complexity index is 2050. The molecule has 0 aliphatic heterocycles. The summed E-state index contributed by atoms with van der Waals surface area (Å²) in [6.07, 6.45) is 20.7. The molecular weight excluding hydrogens is 695 g/mol. The Morgan fingerprint density at radius 1 is 0.982 bits per heavy atom. The lowest BCUT2D eigenvalue weighted by Crippen LogP contribution is -2.41. The van der Waals surface area contributed by atoms with Crippen LogP contribution in [0.3, 0.4) is 0 Å². The maximum Gasteiger partial charge on any atom is 0.243 e. The Morgan fingerprint density at radius 3 is 2.47 bits per heavy atom. The second-order valence-corrected chi connectivity index (χ2v) is 15.1. The molecule has 4 amide bonds. The minimum Gasteiger partial charge on any atom is -0.347 e. The number of nitrogens with one attached hydrogen (secondary N) is 4. The van der Waals surface area contributed by atoms with Crippen LogP contribution in [-0.4, -0.2) is 39.3 Å². The number of carbonyl (C=O) groups is 4. The highest BCUT2D eigenvalue weighted by atomic mass is 16.5. The lowest BCUT2D eigenvalue weighted by atomic mass is 9.78. The van der Waals surface area contributed by atoms with Crippen LogP contribution in [0, 0.1) is 18.3 Å². The van der Waals surface area contributed by atoms with Crippen LogP contribution in [0.1, 0.15) is 94.6 Å². The molecule has 0 saturated heterocycles. The number of anilines is 1. The number of amides is 4. The molecule has 12 nitrogen and oxygen atoms in total. The van der Waals surface area contributed by atoms with E-state index in [2.05, 4.69) is 45.8 Å². The zero-order valence-electron chi connectivity index (χ0n) is 32.3. The second-order valence-electron chi connectivity index (χ2n) is 15.1. The highest BCUT2D eigenvalue weighted by Crippen LogP contribution is 2.32. The summed E-state index contributed by atoms with van der Waals surface area (Å²) < 4.78 is 0. The predicted octanol–water partition coefficient (Wildman–Crippen LogP) is 4.74. The molecule has 0 radical (unpaired) electrons. The number of nitrogens with zero attached hydrogens (tertiary/aromatic N) is 2. The zero-order chi connectivity index (χ0) is 40.0. The molecule has 55 heavy (non-hydrogen) atoms. The van der Waals surface area contributed by atoms with E-state index in [1.807, 2.05) is 80.6 Å². The van der Waals surface area contributed by atoms with Gasteiger partial charge in [-0.15, -0.1) is 0 Å². The van der Waals surface area contributed by atoms with Crippen LogP contribution in [0.5, 0.6) is 0 Å². The zero-order valence-corrected chi connectivity index (χ0v) is 32.3. The normalized spacial score (nSPS) is 15.9. The quantitative estimate of drug-likeness (QED) is 0.0775. The van der Waals surface area contributed by atoms with E-state index in [0.717, 1.165) is 45.8 Å². The van der Waals surface area contributed by atoms with Crippen LogP contribution in [0.25, 0.3) is 17.8 Å². The number of hydrogen-bond acceptors (Lipinski definition) is 8. The number of hydrogen-bond donors (Lipinski definition) is 6. The molecular formula is C43H53N7O5. The molecule has 12 heteroatoms. The smallest absolute Gasteiger partial charge is 0.243 e. The van der Waals surface area contributed by atoms with Crippen molar-refractivity contribution in [3.63, 3.8) is 0 Å². The Kier molecular flexibility index (Phi) is 14.9. The molecule has 1 aromatic carbocycles. The fraction of sp³-hybridized carbons (Fsp3) is 0.349. The number of pyridine rings is 2. The van der Waals surface area contributed by atoms with Gasteiger partial charge >= 0.3 is 0 Å². The Balaban J connectivity index is 0.000000371. The van der Waals surface area contributed by atoms with Gasteiger partial charge in [-0.3, -0.25) is 34.4 Å². The average Bonchev–Trinajstić information content (AvgIpc) is 3.48. The summed E-state index contributed by atoms with van der Waals surface area (Å²) in [4.78, 5) is 56.2. The van der Waals surface area contributed by atoms with Gasteiger partial charge in [-0.05, 0) is 91.1 Å². The number of fused-ring (bicyclic) bond motifs is 2. The highest BCUT2D eigenvalue weighted by molar-refractivity contribution is 5.90. The molecule has 0 spiro atoms. The third-order valence-electron chi connectivity index (χ3n) is 9.53. The van der Waals surface area contributed by atoms with Gasteiger partial charge in [0.15, 0.2) is 0 Å². The van der Waals surface area contributed by atoms with Gasteiger partial charge in [-0.25, -0.2) is 5.48 Å². The van der Waals surface area contributed by atoms with Crippen molar-refractivity contribution in [2.24, 2.45) is 17.1 Å². The van der Waals surface area contributed by atoms with Gasteiger partial charge in [0.2, 0.25) is 24.1 Å². The van der Waals surface area contributed by atoms with Crippen molar-refractivity contribution in [1.82, 2.24) is 26.1 Å². The van der Waals surface area contributed by atoms with Crippen molar-refractivity contribution >= 4 is 47.7 Å². The van der Waals surface area contributed by atoms with Crippen LogP contribution in [0.4, 0.5) is 5.69 Å². The van der Waals surface area contributed by atoms with Crippen molar-refractivity contribution in [1.29, 1.82) is 0 Å². The Hall–Kier alpha value is -5.72. The van der Waals surface area contributed by atoms with Crippen LogP contribution >= 0.6 is 0 Å². The predicted molar refractivity (Wildman–Crippen MR) is 215 cm³/mol. The van der Waals surface area contributed by atoms with E-state index in [-0.39, 0.29) is 42.0 Å². The number of hydroxylamine groups is 1. The minimum atomic E-state index is -0.922. The number of allylic oxidation sites excluding steroid dienone is 3. The average molecular weight is 748 g/mol.